The van der Waals surface area contributed by atoms with Crippen LogP contribution in [0, 0.1) is 11.3 Å². The molecule has 0 saturated carbocycles. The number of fused-ring (bicyclic) bond motifs is 1. The number of nitrogens with zero attached hydrogens (tertiary/aromatic N) is 2. The monoisotopic (exact) mass is 294 g/mol. The summed E-state index contributed by atoms with van der Waals surface area (Å²) in [6.07, 6.45) is 1.60. The molecule has 3 aromatic rings. The minimum atomic E-state index is -0.477. The lowest BCUT2D eigenvalue weighted by Crippen LogP contribution is -2.06. The van der Waals surface area contributed by atoms with E-state index < -0.39 is 10.9 Å². The summed E-state index contributed by atoms with van der Waals surface area (Å²) in [4.78, 5) is 15.9. The van der Waals surface area contributed by atoms with Crippen molar-refractivity contribution in [1.82, 2.24) is 4.98 Å². The lowest BCUT2D eigenvalue weighted by atomic mass is 10.0. The van der Waals surface area contributed by atoms with Crippen molar-refractivity contribution >= 4 is 23.6 Å². The second-order valence-corrected chi connectivity index (χ2v) is 4.98. The van der Waals surface area contributed by atoms with Gasteiger partial charge in [-0.3, -0.25) is 4.98 Å². The van der Waals surface area contributed by atoms with E-state index in [9.17, 15) is 10.1 Å². The first-order valence-electron chi connectivity index (χ1n) is 6.26. The number of hydrogen-bond donors (Lipinski definition) is 1. The van der Waals surface area contributed by atoms with E-state index in [1.165, 1.54) is 6.07 Å². The molecule has 1 aromatic carbocycles. The Morgan fingerprint density at radius 2 is 2.05 bits per heavy atom. The number of para-hydroxylation sites is 1. The molecule has 3 rings (SSSR count). The second kappa shape index (κ2) is 5.43. The second-order valence-electron chi connectivity index (χ2n) is 4.47. The number of pyridine rings is 1. The van der Waals surface area contributed by atoms with Gasteiger partial charge >= 0.3 is 5.63 Å². The van der Waals surface area contributed by atoms with E-state index in [2.05, 4.69) is 23.7 Å². The minimum absolute atomic E-state index is 0.440. The molecule has 102 valence electrons. The number of nitriles is 1. The number of aromatic nitrogens is 1. The van der Waals surface area contributed by atoms with Crippen LogP contribution in [-0.2, 0) is 0 Å². The summed E-state index contributed by atoms with van der Waals surface area (Å²) >= 11 is 4.56. The van der Waals surface area contributed by atoms with E-state index in [1.54, 1.807) is 30.5 Å². The zero-order valence-electron chi connectivity index (χ0n) is 10.9. The van der Waals surface area contributed by atoms with E-state index in [4.69, 9.17) is 4.42 Å². The fourth-order valence-corrected chi connectivity index (χ4v) is 2.66. The van der Waals surface area contributed by atoms with Gasteiger partial charge in [-0.05, 0) is 23.8 Å². The molecule has 0 aliphatic carbocycles. The van der Waals surface area contributed by atoms with Gasteiger partial charge in [-0.15, -0.1) is 0 Å². The van der Waals surface area contributed by atoms with Crippen LogP contribution in [0.25, 0.3) is 11.0 Å². The van der Waals surface area contributed by atoms with Gasteiger partial charge in [0, 0.05) is 17.6 Å². The molecule has 0 radical (unpaired) electrons. The first-order chi connectivity index (χ1) is 10.2. The Morgan fingerprint density at radius 3 is 2.86 bits per heavy atom. The Balaban J connectivity index is 2.25. The molecule has 2 aromatic heterocycles. The zero-order valence-corrected chi connectivity index (χ0v) is 11.7. The third kappa shape index (κ3) is 2.41. The van der Waals surface area contributed by atoms with E-state index >= 15 is 0 Å². The molecule has 0 fully saturated rings. The maximum absolute atomic E-state index is 11.7. The quantitative estimate of drug-likeness (QED) is 0.582. The molecular weight excluding hydrogens is 284 g/mol. The smallest absolute Gasteiger partial charge is 0.336 e. The van der Waals surface area contributed by atoms with E-state index in [0.717, 1.165) is 5.39 Å². The number of hydrogen-bond acceptors (Lipinski definition) is 5. The normalized spacial score (nSPS) is 12.0. The highest BCUT2D eigenvalue weighted by Crippen LogP contribution is 2.32. The van der Waals surface area contributed by atoms with Gasteiger partial charge in [0.2, 0.25) is 0 Å². The van der Waals surface area contributed by atoms with Crippen molar-refractivity contribution in [2.24, 2.45) is 0 Å². The molecule has 0 spiro atoms. The van der Waals surface area contributed by atoms with Crippen LogP contribution in [0.2, 0.25) is 0 Å². The Morgan fingerprint density at radius 1 is 1.24 bits per heavy atom. The maximum atomic E-state index is 11.7. The van der Waals surface area contributed by atoms with Gasteiger partial charge < -0.3 is 4.42 Å². The molecule has 0 N–H and O–H groups in total. The summed E-state index contributed by atoms with van der Waals surface area (Å²) in [5.74, 6) is 0. The van der Waals surface area contributed by atoms with Crippen molar-refractivity contribution in [3.63, 3.8) is 0 Å². The third-order valence-corrected chi connectivity index (χ3v) is 3.72. The molecule has 4 nitrogen and oxygen atoms in total. The Bertz CT molecular complexity index is 912. The molecule has 0 saturated heterocycles. The molecule has 1 unspecified atom stereocenters. The highest BCUT2D eigenvalue weighted by molar-refractivity contribution is 7.80. The summed E-state index contributed by atoms with van der Waals surface area (Å²) in [7, 11) is 0. The van der Waals surface area contributed by atoms with Crippen LogP contribution in [0.5, 0.6) is 0 Å². The largest absolute Gasteiger partial charge is 0.423 e. The van der Waals surface area contributed by atoms with Gasteiger partial charge in [0.25, 0.3) is 0 Å². The van der Waals surface area contributed by atoms with Gasteiger partial charge in [0.1, 0.15) is 11.7 Å². The Kier molecular flexibility index (Phi) is 3.46. The fraction of sp³-hybridized carbons (Fsp3) is 0.0625. The van der Waals surface area contributed by atoms with Crippen LogP contribution >= 0.6 is 12.6 Å². The minimum Gasteiger partial charge on any atom is -0.423 e. The van der Waals surface area contributed by atoms with Gasteiger partial charge in [-0.2, -0.15) is 17.9 Å². The lowest BCUT2D eigenvalue weighted by molar-refractivity contribution is 0.559. The van der Waals surface area contributed by atoms with Crippen molar-refractivity contribution in [3.05, 3.63) is 75.9 Å². The van der Waals surface area contributed by atoms with Crippen LogP contribution in [0.15, 0.2) is 57.9 Å². The van der Waals surface area contributed by atoms with Gasteiger partial charge in [-0.25, -0.2) is 4.79 Å². The van der Waals surface area contributed by atoms with Crippen LogP contribution in [-0.4, -0.2) is 4.98 Å². The standard InChI is InChI=1S/C16H10N2O2S/c17-9-10-4-3-7-18-15(10)16(21)12-8-14(19)20-13-6-2-1-5-11(12)13/h1-8,16,21H. The highest BCUT2D eigenvalue weighted by atomic mass is 32.1. The van der Waals surface area contributed by atoms with Crippen molar-refractivity contribution in [1.29, 1.82) is 5.26 Å². The maximum Gasteiger partial charge on any atom is 0.336 e. The third-order valence-electron chi connectivity index (χ3n) is 3.19. The summed E-state index contributed by atoms with van der Waals surface area (Å²) in [6, 6.07) is 14.1. The topological polar surface area (TPSA) is 66.9 Å². The molecule has 2 heterocycles. The van der Waals surface area contributed by atoms with Crippen molar-refractivity contribution in [2.45, 2.75) is 5.25 Å². The zero-order chi connectivity index (χ0) is 14.8. The van der Waals surface area contributed by atoms with E-state index in [0.29, 0.717) is 22.4 Å². The molecule has 5 heteroatoms. The Hall–Kier alpha value is -2.58. The molecule has 0 aliphatic rings. The lowest BCUT2D eigenvalue weighted by Gasteiger charge is -2.13. The van der Waals surface area contributed by atoms with Gasteiger partial charge in [-0.1, -0.05) is 18.2 Å². The first-order valence-corrected chi connectivity index (χ1v) is 6.78. The Labute approximate surface area is 126 Å². The summed E-state index contributed by atoms with van der Waals surface area (Å²) in [6.45, 7) is 0. The van der Waals surface area contributed by atoms with Crippen LogP contribution in [0.3, 0.4) is 0 Å². The molecule has 1 atom stereocenters. The number of rotatable bonds is 2. The summed E-state index contributed by atoms with van der Waals surface area (Å²) < 4.78 is 5.17. The molecular formula is C16H10N2O2S. The van der Waals surface area contributed by atoms with E-state index in [-0.39, 0.29) is 0 Å². The van der Waals surface area contributed by atoms with Gasteiger partial charge in [0.05, 0.1) is 16.5 Å². The molecule has 21 heavy (non-hydrogen) atoms. The molecule has 0 bridgehead atoms. The average molecular weight is 294 g/mol. The SMILES string of the molecule is N#Cc1cccnc1C(S)c1cc(=O)oc2ccccc12. The average Bonchev–Trinajstić information content (AvgIpc) is 2.53. The fourth-order valence-electron chi connectivity index (χ4n) is 2.24. The predicted octanol–water partition coefficient (Wildman–Crippen LogP) is 3.08. The van der Waals surface area contributed by atoms with Crippen molar-refractivity contribution < 1.29 is 4.42 Å². The van der Waals surface area contributed by atoms with Crippen LogP contribution in [0.4, 0.5) is 0 Å². The first kappa shape index (κ1) is 13.4. The van der Waals surface area contributed by atoms with Crippen molar-refractivity contribution in [2.75, 3.05) is 0 Å². The van der Waals surface area contributed by atoms with Crippen LogP contribution in [0.1, 0.15) is 22.1 Å². The number of benzene rings is 1. The van der Waals surface area contributed by atoms with Gasteiger partial charge in [0.15, 0.2) is 0 Å². The summed E-state index contributed by atoms with van der Waals surface area (Å²) in [5.41, 5.74) is 1.69. The summed E-state index contributed by atoms with van der Waals surface area (Å²) in [5, 5.41) is 9.48. The molecule has 0 amide bonds. The highest BCUT2D eigenvalue weighted by Gasteiger charge is 2.18. The molecule has 0 aliphatic heterocycles. The van der Waals surface area contributed by atoms with E-state index in [1.807, 2.05) is 12.1 Å². The van der Waals surface area contributed by atoms with Crippen LogP contribution < -0.4 is 5.63 Å². The van der Waals surface area contributed by atoms with Crippen molar-refractivity contribution in [3.8, 4) is 6.07 Å². The number of thiol groups is 1. The predicted molar refractivity (Wildman–Crippen MR) is 82.3 cm³/mol.